The van der Waals surface area contributed by atoms with Crippen molar-refractivity contribution in [3.8, 4) is 45.8 Å². The first-order valence-corrected chi connectivity index (χ1v) is 15.9. The normalized spacial score (nSPS) is 11.3. The Bertz CT molecular complexity index is 2750. The molecule has 0 saturated heterocycles. The summed E-state index contributed by atoms with van der Waals surface area (Å²) in [5.41, 5.74) is 11.6. The minimum Gasteiger partial charge on any atom is -0.309 e. The van der Waals surface area contributed by atoms with Crippen molar-refractivity contribution in [2.45, 2.75) is 0 Å². The first-order chi connectivity index (χ1) is 23.7. The summed E-state index contributed by atoms with van der Waals surface area (Å²) in [4.78, 5) is 0. The van der Waals surface area contributed by atoms with Crippen LogP contribution in [0.15, 0.2) is 158 Å². The van der Waals surface area contributed by atoms with E-state index in [2.05, 4.69) is 137 Å². The molecule has 0 aliphatic carbocycles. The standard InChI is InChI=1S/C44H26N4/c45-27-29-19-24-43(48-42-18-6-3-14-37(42)38-15-8-10-33(28-46)44(38)48)39(25-29)31-22-20-30(21-23-31)32-9-7-11-34(26-32)47-40-16-4-1-12-35(40)36-13-2-5-17-41(36)47/h1-26H. The molecule has 9 aromatic rings. The maximum Gasteiger partial charge on any atom is 0.101 e. The molecule has 9 rings (SSSR count). The summed E-state index contributed by atoms with van der Waals surface area (Å²) in [6.07, 6.45) is 0. The van der Waals surface area contributed by atoms with Crippen LogP contribution >= 0.6 is 0 Å². The van der Waals surface area contributed by atoms with Crippen LogP contribution in [0, 0.1) is 22.7 Å². The summed E-state index contributed by atoms with van der Waals surface area (Å²) >= 11 is 0. The molecule has 2 aromatic heterocycles. The third-order valence-corrected chi connectivity index (χ3v) is 9.40. The quantitative estimate of drug-likeness (QED) is 0.199. The van der Waals surface area contributed by atoms with E-state index in [0.717, 1.165) is 55.4 Å². The first-order valence-electron chi connectivity index (χ1n) is 15.9. The zero-order chi connectivity index (χ0) is 32.2. The molecule has 0 saturated carbocycles. The first kappa shape index (κ1) is 27.4. The molecular weight excluding hydrogens is 585 g/mol. The SMILES string of the molecule is N#Cc1ccc(-n2c3ccccc3c3cccc(C#N)c32)c(-c2ccc(-c3cccc(-n4c5ccccc5c5ccccc54)c3)cc2)c1. The number of nitriles is 2. The number of rotatable bonds is 4. The molecule has 0 aliphatic rings. The van der Waals surface area contributed by atoms with Crippen molar-refractivity contribution in [3.63, 3.8) is 0 Å². The van der Waals surface area contributed by atoms with Crippen molar-refractivity contribution in [1.82, 2.24) is 9.13 Å². The van der Waals surface area contributed by atoms with Gasteiger partial charge in [0, 0.05) is 32.8 Å². The lowest BCUT2D eigenvalue weighted by Gasteiger charge is -2.16. The average molecular weight is 611 g/mol. The maximum atomic E-state index is 10.1. The van der Waals surface area contributed by atoms with Gasteiger partial charge in [-0.2, -0.15) is 10.5 Å². The molecule has 0 N–H and O–H groups in total. The van der Waals surface area contributed by atoms with Gasteiger partial charge in [-0.1, -0.05) is 103 Å². The summed E-state index contributed by atoms with van der Waals surface area (Å²) in [6, 6.07) is 59.0. The fourth-order valence-corrected chi connectivity index (χ4v) is 7.26. The molecule has 48 heavy (non-hydrogen) atoms. The number of hydrogen-bond acceptors (Lipinski definition) is 2. The Kier molecular flexibility index (Phi) is 6.22. The van der Waals surface area contributed by atoms with Gasteiger partial charge in [0.05, 0.1) is 45.0 Å². The van der Waals surface area contributed by atoms with Gasteiger partial charge in [-0.15, -0.1) is 0 Å². The maximum absolute atomic E-state index is 10.1. The van der Waals surface area contributed by atoms with E-state index >= 15 is 0 Å². The Morgan fingerprint density at radius 3 is 1.67 bits per heavy atom. The van der Waals surface area contributed by atoms with Gasteiger partial charge < -0.3 is 9.13 Å². The van der Waals surface area contributed by atoms with Crippen LogP contribution in [0.1, 0.15) is 11.1 Å². The van der Waals surface area contributed by atoms with Crippen molar-refractivity contribution in [3.05, 3.63) is 169 Å². The number of fused-ring (bicyclic) bond motifs is 6. The highest BCUT2D eigenvalue weighted by molar-refractivity contribution is 6.11. The smallest absolute Gasteiger partial charge is 0.101 e. The topological polar surface area (TPSA) is 57.4 Å². The minimum atomic E-state index is 0.581. The largest absolute Gasteiger partial charge is 0.309 e. The van der Waals surface area contributed by atoms with E-state index in [1.807, 2.05) is 42.5 Å². The predicted molar refractivity (Wildman–Crippen MR) is 195 cm³/mol. The highest BCUT2D eigenvalue weighted by Gasteiger charge is 2.19. The van der Waals surface area contributed by atoms with Gasteiger partial charge in [-0.25, -0.2) is 0 Å². The molecule has 0 fully saturated rings. The van der Waals surface area contributed by atoms with E-state index in [1.165, 1.54) is 21.8 Å². The van der Waals surface area contributed by atoms with E-state index < -0.39 is 0 Å². The zero-order valence-corrected chi connectivity index (χ0v) is 25.8. The lowest BCUT2D eigenvalue weighted by Crippen LogP contribution is -1.99. The highest BCUT2D eigenvalue weighted by atomic mass is 15.0. The van der Waals surface area contributed by atoms with Crippen molar-refractivity contribution in [1.29, 1.82) is 10.5 Å². The monoisotopic (exact) mass is 610 g/mol. The molecule has 0 spiro atoms. The molecule has 7 aromatic carbocycles. The molecule has 0 unspecified atom stereocenters. The fourth-order valence-electron chi connectivity index (χ4n) is 7.26. The van der Waals surface area contributed by atoms with Crippen LogP contribution < -0.4 is 0 Å². The van der Waals surface area contributed by atoms with Gasteiger partial charge in [0.15, 0.2) is 0 Å². The van der Waals surface area contributed by atoms with Crippen LogP contribution in [0.25, 0.3) is 77.2 Å². The third-order valence-electron chi connectivity index (χ3n) is 9.40. The number of benzene rings is 7. The van der Waals surface area contributed by atoms with Crippen molar-refractivity contribution in [2.75, 3.05) is 0 Å². The Morgan fingerprint density at radius 1 is 0.417 bits per heavy atom. The Balaban J connectivity index is 1.18. The van der Waals surface area contributed by atoms with Crippen molar-refractivity contribution < 1.29 is 0 Å². The number of aromatic nitrogens is 2. The minimum absolute atomic E-state index is 0.581. The molecule has 222 valence electrons. The summed E-state index contributed by atoms with van der Waals surface area (Å²) in [6.45, 7) is 0. The Labute approximate surface area is 277 Å². The van der Waals surface area contributed by atoms with Gasteiger partial charge in [0.25, 0.3) is 0 Å². The van der Waals surface area contributed by atoms with Gasteiger partial charge in [0.2, 0.25) is 0 Å². The zero-order valence-electron chi connectivity index (χ0n) is 25.8. The van der Waals surface area contributed by atoms with Gasteiger partial charge in [-0.05, 0) is 71.3 Å². The van der Waals surface area contributed by atoms with Gasteiger partial charge >= 0.3 is 0 Å². The van der Waals surface area contributed by atoms with Gasteiger partial charge in [-0.3, -0.25) is 0 Å². The van der Waals surface area contributed by atoms with E-state index in [1.54, 1.807) is 0 Å². The van der Waals surface area contributed by atoms with Crippen molar-refractivity contribution in [2.24, 2.45) is 0 Å². The second kappa shape index (κ2) is 10.9. The molecule has 0 radical (unpaired) electrons. The van der Waals surface area contributed by atoms with E-state index in [9.17, 15) is 10.5 Å². The van der Waals surface area contributed by atoms with Gasteiger partial charge in [0.1, 0.15) is 6.07 Å². The Morgan fingerprint density at radius 2 is 1.00 bits per heavy atom. The van der Waals surface area contributed by atoms with Crippen LogP contribution in [0.2, 0.25) is 0 Å². The van der Waals surface area contributed by atoms with E-state index in [0.29, 0.717) is 11.1 Å². The summed E-state index contributed by atoms with van der Waals surface area (Å²) in [7, 11) is 0. The van der Waals surface area contributed by atoms with Crippen LogP contribution in [0.3, 0.4) is 0 Å². The molecule has 0 aliphatic heterocycles. The summed E-state index contributed by atoms with van der Waals surface area (Å²) in [5, 5.41) is 24.6. The Hall–Kier alpha value is -6.88. The molecule has 0 atom stereocenters. The number of hydrogen-bond donors (Lipinski definition) is 0. The van der Waals surface area contributed by atoms with E-state index in [4.69, 9.17) is 0 Å². The predicted octanol–water partition coefficient (Wildman–Crippen LogP) is 11.0. The fraction of sp³-hybridized carbons (Fsp3) is 0. The molecule has 2 heterocycles. The average Bonchev–Trinajstić information content (AvgIpc) is 3.68. The van der Waals surface area contributed by atoms with Crippen LogP contribution in [0.4, 0.5) is 0 Å². The third kappa shape index (κ3) is 4.14. The second-order valence-electron chi connectivity index (χ2n) is 12.0. The number of nitrogens with zero attached hydrogens (tertiary/aromatic N) is 4. The van der Waals surface area contributed by atoms with Crippen LogP contribution in [0.5, 0.6) is 0 Å². The molecule has 0 amide bonds. The van der Waals surface area contributed by atoms with Crippen LogP contribution in [-0.2, 0) is 0 Å². The lowest BCUT2D eigenvalue weighted by atomic mass is 9.97. The molecule has 4 heteroatoms. The molecule has 4 nitrogen and oxygen atoms in total. The van der Waals surface area contributed by atoms with E-state index in [-0.39, 0.29) is 0 Å². The summed E-state index contributed by atoms with van der Waals surface area (Å²) < 4.78 is 4.51. The molecular formula is C44H26N4. The summed E-state index contributed by atoms with van der Waals surface area (Å²) in [5.74, 6) is 0. The number of para-hydroxylation sites is 4. The van der Waals surface area contributed by atoms with Crippen molar-refractivity contribution >= 4 is 43.6 Å². The lowest BCUT2D eigenvalue weighted by molar-refractivity contribution is 1.17. The van der Waals surface area contributed by atoms with Crippen LogP contribution in [-0.4, -0.2) is 9.13 Å². The highest BCUT2D eigenvalue weighted by Crippen LogP contribution is 2.39. The second-order valence-corrected chi connectivity index (χ2v) is 12.0. The molecule has 0 bridgehead atoms.